The highest BCUT2D eigenvalue weighted by Crippen LogP contribution is 2.01. The molecule has 0 atom stereocenters. The largest absolute Gasteiger partial charge is 0.331 e. The molecule has 0 aromatic heterocycles. The highest BCUT2D eigenvalue weighted by atomic mass is 28.3. The monoisotopic (exact) mass is 160 g/mol. The Hall–Kier alpha value is 0.0969. The van der Waals surface area contributed by atoms with Crippen molar-refractivity contribution in [3.63, 3.8) is 0 Å². The number of rotatable bonds is 6. The van der Waals surface area contributed by atoms with E-state index >= 15 is 0 Å². The molecule has 0 saturated carbocycles. The van der Waals surface area contributed by atoms with Gasteiger partial charge in [0.1, 0.15) is 0 Å². The molecule has 0 heterocycles. The van der Waals surface area contributed by atoms with Gasteiger partial charge in [0.15, 0.2) is 0 Å². The third-order valence-corrected chi connectivity index (χ3v) is 4.48. The summed E-state index contributed by atoms with van der Waals surface area (Å²) in [7, 11) is -0.272. The van der Waals surface area contributed by atoms with Crippen LogP contribution in [0.5, 0.6) is 0 Å². The average Bonchev–Trinajstić information content (AvgIpc) is 1.90. The van der Waals surface area contributed by atoms with Gasteiger partial charge >= 0.3 is 0 Å². The molecular formula is C6H18N3Si. The molecule has 10 heavy (non-hydrogen) atoms. The Morgan fingerprint density at radius 2 is 1.00 bits per heavy atom. The van der Waals surface area contributed by atoms with E-state index < -0.39 is 0 Å². The predicted molar refractivity (Wildman–Crippen MR) is 47.3 cm³/mol. The van der Waals surface area contributed by atoms with Gasteiger partial charge in [0.2, 0.25) is 0 Å². The summed E-state index contributed by atoms with van der Waals surface area (Å²) in [6.45, 7) is 2.40. The van der Waals surface area contributed by atoms with Gasteiger partial charge in [-0.2, -0.15) is 0 Å². The van der Waals surface area contributed by atoms with Gasteiger partial charge in [-0.3, -0.25) is 0 Å². The van der Waals surface area contributed by atoms with E-state index in [4.69, 9.17) is 17.2 Å². The first-order chi connectivity index (χ1) is 4.85. The lowest BCUT2D eigenvalue weighted by Crippen LogP contribution is -2.23. The summed E-state index contributed by atoms with van der Waals surface area (Å²) in [6.07, 6.45) is 0. The molecule has 0 aromatic rings. The summed E-state index contributed by atoms with van der Waals surface area (Å²) in [4.78, 5) is 0. The smallest absolute Gasteiger partial charge is 0.0517 e. The van der Waals surface area contributed by atoms with Crippen molar-refractivity contribution >= 4 is 8.80 Å². The first-order valence-corrected chi connectivity index (χ1v) is 5.91. The van der Waals surface area contributed by atoms with Crippen molar-refractivity contribution < 1.29 is 0 Å². The lowest BCUT2D eigenvalue weighted by molar-refractivity contribution is 1.01. The second-order valence-corrected chi connectivity index (χ2v) is 5.37. The fourth-order valence-corrected chi connectivity index (χ4v) is 2.96. The zero-order valence-electron chi connectivity index (χ0n) is 6.47. The minimum absolute atomic E-state index is 0.272. The minimum atomic E-state index is -0.272. The van der Waals surface area contributed by atoms with Crippen LogP contribution in [0.1, 0.15) is 0 Å². The van der Waals surface area contributed by atoms with Gasteiger partial charge in [-0.05, 0) is 37.8 Å². The standard InChI is InChI=1S/C6H18N3Si/c7-1-4-10(5-2-8)6-3-9/h1-9H2. The summed E-state index contributed by atoms with van der Waals surface area (Å²) in [6, 6.07) is 3.50. The molecule has 0 aliphatic heterocycles. The van der Waals surface area contributed by atoms with Gasteiger partial charge in [-0.1, -0.05) is 0 Å². The zero-order valence-corrected chi connectivity index (χ0v) is 7.47. The Labute approximate surface area is 64.6 Å². The number of hydrogen-bond acceptors (Lipinski definition) is 3. The van der Waals surface area contributed by atoms with Crippen molar-refractivity contribution in [2.45, 2.75) is 18.1 Å². The third kappa shape index (κ3) is 4.93. The summed E-state index contributed by atoms with van der Waals surface area (Å²) < 4.78 is 0. The molecule has 4 heteroatoms. The lowest BCUT2D eigenvalue weighted by atomic mass is 10.8. The second kappa shape index (κ2) is 7.21. The van der Waals surface area contributed by atoms with Crippen LogP contribution in [0, 0.1) is 0 Å². The van der Waals surface area contributed by atoms with Crippen molar-refractivity contribution in [2.24, 2.45) is 17.2 Å². The molecule has 6 N–H and O–H groups in total. The second-order valence-electron chi connectivity index (χ2n) is 2.37. The minimum Gasteiger partial charge on any atom is -0.331 e. The molecule has 0 spiro atoms. The third-order valence-electron chi connectivity index (χ3n) is 1.49. The SMILES string of the molecule is NCC[Si](CCN)CCN. The normalized spacial score (nSPS) is 10.8. The van der Waals surface area contributed by atoms with E-state index in [-0.39, 0.29) is 8.80 Å². The molecule has 0 saturated heterocycles. The van der Waals surface area contributed by atoms with Crippen LogP contribution in [-0.4, -0.2) is 28.4 Å². The van der Waals surface area contributed by atoms with Crippen molar-refractivity contribution in [3.8, 4) is 0 Å². The van der Waals surface area contributed by atoms with Crippen molar-refractivity contribution in [2.75, 3.05) is 19.6 Å². The Kier molecular flexibility index (Phi) is 7.28. The molecule has 0 aromatic carbocycles. The average molecular weight is 160 g/mol. The molecular weight excluding hydrogens is 142 g/mol. The Balaban J connectivity index is 3.30. The van der Waals surface area contributed by atoms with Crippen molar-refractivity contribution in [1.82, 2.24) is 0 Å². The first-order valence-electron chi connectivity index (χ1n) is 3.79. The summed E-state index contributed by atoms with van der Waals surface area (Å²) in [5.74, 6) is 0. The summed E-state index contributed by atoms with van der Waals surface area (Å²) >= 11 is 0. The van der Waals surface area contributed by atoms with Gasteiger partial charge < -0.3 is 17.2 Å². The topological polar surface area (TPSA) is 78.1 Å². The highest BCUT2D eigenvalue weighted by molar-refractivity contribution is 6.59. The maximum atomic E-state index is 5.43. The highest BCUT2D eigenvalue weighted by Gasteiger charge is 2.06. The van der Waals surface area contributed by atoms with Crippen molar-refractivity contribution in [1.29, 1.82) is 0 Å². The van der Waals surface area contributed by atoms with Crippen LogP contribution in [0.25, 0.3) is 0 Å². The van der Waals surface area contributed by atoms with E-state index in [1.54, 1.807) is 0 Å². The number of nitrogens with two attached hydrogens (primary N) is 3. The van der Waals surface area contributed by atoms with E-state index in [0.717, 1.165) is 19.6 Å². The van der Waals surface area contributed by atoms with E-state index in [0.29, 0.717) is 0 Å². The van der Waals surface area contributed by atoms with E-state index in [9.17, 15) is 0 Å². The van der Waals surface area contributed by atoms with Gasteiger partial charge in [0.05, 0.1) is 8.80 Å². The van der Waals surface area contributed by atoms with E-state index in [1.165, 1.54) is 18.1 Å². The predicted octanol–water partition coefficient (Wildman–Crippen LogP) is -0.643. The molecule has 1 radical (unpaired) electrons. The van der Waals surface area contributed by atoms with Crippen LogP contribution in [0.2, 0.25) is 18.1 Å². The Morgan fingerprint density at radius 1 is 0.700 bits per heavy atom. The molecule has 0 unspecified atom stereocenters. The Bertz CT molecular complexity index is 55.7. The molecule has 61 valence electrons. The quantitative estimate of drug-likeness (QED) is 0.452. The summed E-state index contributed by atoms with van der Waals surface area (Å²) in [5, 5.41) is 0. The lowest BCUT2D eigenvalue weighted by Gasteiger charge is -2.10. The van der Waals surface area contributed by atoms with Crippen molar-refractivity contribution in [3.05, 3.63) is 0 Å². The van der Waals surface area contributed by atoms with Gasteiger partial charge in [0.25, 0.3) is 0 Å². The van der Waals surface area contributed by atoms with Gasteiger partial charge in [-0.15, -0.1) is 0 Å². The number of hydrogen-bond donors (Lipinski definition) is 3. The molecule has 3 nitrogen and oxygen atoms in total. The fraction of sp³-hybridized carbons (Fsp3) is 1.00. The molecule has 0 aliphatic rings. The fourth-order valence-electron chi connectivity index (χ4n) is 0.987. The van der Waals surface area contributed by atoms with Crippen LogP contribution in [0.15, 0.2) is 0 Å². The zero-order chi connectivity index (χ0) is 7.82. The molecule has 0 aliphatic carbocycles. The van der Waals surface area contributed by atoms with Crippen LogP contribution >= 0.6 is 0 Å². The van der Waals surface area contributed by atoms with E-state index in [2.05, 4.69) is 0 Å². The maximum absolute atomic E-state index is 5.43. The van der Waals surface area contributed by atoms with Gasteiger partial charge in [0, 0.05) is 0 Å². The van der Waals surface area contributed by atoms with Crippen LogP contribution in [0.3, 0.4) is 0 Å². The Morgan fingerprint density at radius 3 is 1.20 bits per heavy atom. The molecule has 0 rings (SSSR count). The van der Waals surface area contributed by atoms with Crippen LogP contribution in [0.4, 0.5) is 0 Å². The van der Waals surface area contributed by atoms with E-state index in [1.807, 2.05) is 0 Å². The van der Waals surface area contributed by atoms with Gasteiger partial charge in [-0.25, -0.2) is 0 Å². The molecule has 0 bridgehead atoms. The molecule has 0 fully saturated rings. The van der Waals surface area contributed by atoms with Crippen LogP contribution < -0.4 is 17.2 Å². The van der Waals surface area contributed by atoms with Crippen LogP contribution in [-0.2, 0) is 0 Å². The molecule has 0 amide bonds. The first kappa shape index (κ1) is 10.1. The maximum Gasteiger partial charge on any atom is 0.0517 e. The summed E-state index contributed by atoms with van der Waals surface area (Å²) in [5.41, 5.74) is 16.3.